The van der Waals surface area contributed by atoms with Gasteiger partial charge < -0.3 is 18.0 Å². The van der Waals surface area contributed by atoms with Crippen LogP contribution >= 0.6 is 0 Å². The van der Waals surface area contributed by atoms with Crippen LogP contribution in [0.5, 0.6) is 0 Å². The lowest BCUT2D eigenvalue weighted by molar-refractivity contribution is 0.667. The minimum atomic E-state index is 0.641. The number of aromatic nitrogens is 4. The molecule has 0 aliphatic heterocycles. The third-order valence-corrected chi connectivity index (χ3v) is 11.7. The second-order valence-corrected chi connectivity index (χ2v) is 14.9. The molecule has 0 atom stereocenters. The Morgan fingerprint density at radius 3 is 1.90 bits per heavy atom. The SMILES string of the molecule is c1ccc(-c2nc(-c3cccc4c3c3cc(-n5c6ccccc6c6ccc7c8ccccc8oc7c65)ccc3n4-c3ccccc3)nc3c2oc2ccccc23)cc1. The van der Waals surface area contributed by atoms with E-state index in [-0.39, 0.29) is 0 Å². The number of fused-ring (bicyclic) bond motifs is 13. The Bertz CT molecular complexity index is 3800. The van der Waals surface area contributed by atoms with Crippen LogP contribution in [0.2, 0.25) is 0 Å². The molecule has 0 aliphatic carbocycles. The smallest absolute Gasteiger partial charge is 0.180 e. The molecule has 0 fully saturated rings. The van der Waals surface area contributed by atoms with Gasteiger partial charge in [0.05, 0.1) is 22.1 Å². The summed E-state index contributed by atoms with van der Waals surface area (Å²) in [6, 6.07) is 63.6. The molecule has 6 heteroatoms. The first-order chi connectivity index (χ1) is 28.8. The zero-order valence-electron chi connectivity index (χ0n) is 30.9. The van der Waals surface area contributed by atoms with E-state index in [1.165, 1.54) is 5.39 Å². The van der Waals surface area contributed by atoms with E-state index < -0.39 is 0 Å². The van der Waals surface area contributed by atoms with Crippen molar-refractivity contribution in [2.24, 2.45) is 0 Å². The van der Waals surface area contributed by atoms with Crippen molar-refractivity contribution in [3.8, 4) is 34.0 Å². The van der Waals surface area contributed by atoms with E-state index in [4.69, 9.17) is 18.8 Å². The number of para-hydroxylation sites is 4. The number of rotatable bonds is 4. The van der Waals surface area contributed by atoms with Crippen molar-refractivity contribution >= 4 is 87.6 Å². The van der Waals surface area contributed by atoms with Crippen LogP contribution in [0.25, 0.3) is 122 Å². The third kappa shape index (κ3) is 4.31. The summed E-state index contributed by atoms with van der Waals surface area (Å²) in [6.45, 7) is 0. The fourth-order valence-electron chi connectivity index (χ4n) is 9.24. The van der Waals surface area contributed by atoms with Gasteiger partial charge in [0.1, 0.15) is 22.4 Å². The maximum atomic E-state index is 6.71. The Labute approximate surface area is 330 Å². The fraction of sp³-hybridized carbons (Fsp3) is 0. The number of furan rings is 2. The molecule has 0 spiro atoms. The van der Waals surface area contributed by atoms with Gasteiger partial charge in [0.2, 0.25) is 0 Å². The highest BCUT2D eigenvalue weighted by Gasteiger charge is 2.24. The molecule has 0 saturated heterocycles. The first kappa shape index (κ1) is 31.3. The summed E-state index contributed by atoms with van der Waals surface area (Å²) >= 11 is 0. The fourth-order valence-corrected chi connectivity index (χ4v) is 9.24. The standard InChI is InChI=1S/C52H30N4O2/c1-3-14-31(15-4-1)47-51-48(38-20-9-12-25-45(38)58-51)54-52(53-47)39-21-13-23-43-46(39)40-30-33(26-29-42(40)55(43)32-16-5-2-6-17-32)56-41-22-10-7-18-34(41)36-27-28-37-35-19-8-11-24-44(35)57-50(37)49(36)56/h1-30H. The lowest BCUT2D eigenvalue weighted by Gasteiger charge is -2.10. The summed E-state index contributed by atoms with van der Waals surface area (Å²) in [5.41, 5.74) is 13.1. The monoisotopic (exact) mass is 742 g/mol. The molecule has 0 amide bonds. The summed E-state index contributed by atoms with van der Waals surface area (Å²) in [5.74, 6) is 0.641. The number of hydrogen-bond donors (Lipinski definition) is 0. The van der Waals surface area contributed by atoms with Gasteiger partial charge in [-0.2, -0.15) is 0 Å². The molecule has 58 heavy (non-hydrogen) atoms. The van der Waals surface area contributed by atoms with Crippen LogP contribution < -0.4 is 0 Å². The lowest BCUT2D eigenvalue weighted by Crippen LogP contribution is -1.96. The van der Waals surface area contributed by atoms with E-state index in [0.29, 0.717) is 11.4 Å². The van der Waals surface area contributed by atoms with Crippen LogP contribution in [0.15, 0.2) is 191 Å². The molecule has 13 rings (SSSR count). The van der Waals surface area contributed by atoms with Crippen LogP contribution in [0, 0.1) is 0 Å². The molecule has 8 aromatic carbocycles. The largest absolute Gasteiger partial charge is 0.454 e. The van der Waals surface area contributed by atoms with Gasteiger partial charge >= 0.3 is 0 Å². The highest BCUT2D eigenvalue weighted by Crippen LogP contribution is 2.44. The Balaban J connectivity index is 1.16. The van der Waals surface area contributed by atoms with Crippen molar-refractivity contribution < 1.29 is 8.83 Å². The minimum Gasteiger partial charge on any atom is -0.454 e. The van der Waals surface area contributed by atoms with E-state index in [9.17, 15) is 0 Å². The summed E-state index contributed by atoms with van der Waals surface area (Å²) in [5, 5.41) is 7.67. The number of hydrogen-bond acceptors (Lipinski definition) is 4. The van der Waals surface area contributed by atoms with Crippen LogP contribution in [0.3, 0.4) is 0 Å². The molecule has 5 aromatic heterocycles. The Morgan fingerprint density at radius 1 is 0.397 bits per heavy atom. The molecule has 270 valence electrons. The van der Waals surface area contributed by atoms with Crippen molar-refractivity contribution in [3.63, 3.8) is 0 Å². The van der Waals surface area contributed by atoms with Crippen LogP contribution in [0.1, 0.15) is 0 Å². The van der Waals surface area contributed by atoms with Gasteiger partial charge in [-0.1, -0.05) is 115 Å². The molecular weight excluding hydrogens is 713 g/mol. The van der Waals surface area contributed by atoms with E-state index in [1.807, 2.05) is 42.5 Å². The Hall–Kier alpha value is -7.96. The summed E-state index contributed by atoms with van der Waals surface area (Å²) in [7, 11) is 0. The predicted octanol–water partition coefficient (Wildman–Crippen LogP) is 13.8. The van der Waals surface area contributed by atoms with Gasteiger partial charge in [-0.3, -0.25) is 0 Å². The van der Waals surface area contributed by atoms with Gasteiger partial charge in [-0.05, 0) is 66.7 Å². The normalized spacial score (nSPS) is 12.1. The summed E-state index contributed by atoms with van der Waals surface area (Å²) in [4.78, 5) is 10.7. The molecule has 0 N–H and O–H groups in total. The van der Waals surface area contributed by atoms with Gasteiger partial charge in [-0.15, -0.1) is 0 Å². The maximum absolute atomic E-state index is 6.71. The average molecular weight is 743 g/mol. The minimum absolute atomic E-state index is 0.641. The molecule has 0 aliphatic rings. The molecular formula is C52H30N4O2. The van der Waals surface area contributed by atoms with Crippen LogP contribution in [-0.2, 0) is 0 Å². The first-order valence-corrected chi connectivity index (χ1v) is 19.5. The van der Waals surface area contributed by atoms with Crippen molar-refractivity contribution in [3.05, 3.63) is 182 Å². The molecule has 0 radical (unpaired) electrons. The van der Waals surface area contributed by atoms with Crippen molar-refractivity contribution in [2.75, 3.05) is 0 Å². The Morgan fingerprint density at radius 2 is 1.05 bits per heavy atom. The van der Waals surface area contributed by atoms with E-state index in [2.05, 4.69) is 149 Å². The van der Waals surface area contributed by atoms with E-state index >= 15 is 0 Å². The van der Waals surface area contributed by atoms with Crippen LogP contribution in [0.4, 0.5) is 0 Å². The van der Waals surface area contributed by atoms with E-state index in [0.717, 1.165) is 105 Å². The number of nitrogens with zero attached hydrogens (tertiary/aromatic N) is 4. The van der Waals surface area contributed by atoms with E-state index in [1.54, 1.807) is 0 Å². The molecule has 0 unspecified atom stereocenters. The first-order valence-electron chi connectivity index (χ1n) is 19.5. The average Bonchev–Trinajstić information content (AvgIpc) is 4.04. The zero-order valence-corrected chi connectivity index (χ0v) is 30.9. The third-order valence-electron chi connectivity index (χ3n) is 11.7. The topological polar surface area (TPSA) is 61.9 Å². The molecule has 0 bridgehead atoms. The van der Waals surface area contributed by atoms with Gasteiger partial charge in [-0.25, -0.2) is 9.97 Å². The van der Waals surface area contributed by atoms with Gasteiger partial charge in [0, 0.05) is 60.2 Å². The summed E-state index contributed by atoms with van der Waals surface area (Å²) < 4.78 is 17.9. The van der Waals surface area contributed by atoms with Crippen LogP contribution in [-0.4, -0.2) is 19.1 Å². The molecule has 0 saturated carbocycles. The van der Waals surface area contributed by atoms with Crippen molar-refractivity contribution in [2.45, 2.75) is 0 Å². The van der Waals surface area contributed by atoms with Crippen molar-refractivity contribution in [1.82, 2.24) is 19.1 Å². The second kappa shape index (κ2) is 11.8. The van der Waals surface area contributed by atoms with Crippen molar-refractivity contribution in [1.29, 1.82) is 0 Å². The summed E-state index contributed by atoms with van der Waals surface area (Å²) in [6.07, 6.45) is 0. The quantitative estimate of drug-likeness (QED) is 0.180. The molecule has 6 nitrogen and oxygen atoms in total. The molecule has 5 heterocycles. The predicted molar refractivity (Wildman–Crippen MR) is 236 cm³/mol. The number of benzene rings is 8. The lowest BCUT2D eigenvalue weighted by atomic mass is 10.0. The maximum Gasteiger partial charge on any atom is 0.180 e. The highest BCUT2D eigenvalue weighted by atomic mass is 16.3. The molecule has 13 aromatic rings. The van der Waals surface area contributed by atoms with Gasteiger partial charge in [0.25, 0.3) is 0 Å². The van der Waals surface area contributed by atoms with Gasteiger partial charge in [0.15, 0.2) is 17.0 Å². The highest BCUT2D eigenvalue weighted by molar-refractivity contribution is 6.22. The zero-order chi connectivity index (χ0) is 37.9. The Kier molecular flexibility index (Phi) is 6.35. The second-order valence-electron chi connectivity index (χ2n) is 14.9.